The molecule has 1 aliphatic rings. The van der Waals surface area contributed by atoms with Gasteiger partial charge in [-0.05, 0) is 32.8 Å². The summed E-state index contributed by atoms with van der Waals surface area (Å²) < 4.78 is 4.10. The van der Waals surface area contributed by atoms with Gasteiger partial charge in [-0.25, -0.2) is 4.68 Å². The Morgan fingerprint density at radius 2 is 2.22 bits per heavy atom. The van der Waals surface area contributed by atoms with Crippen LogP contribution in [0.25, 0.3) is 11.4 Å². The summed E-state index contributed by atoms with van der Waals surface area (Å²) in [5, 5.41) is 12.5. The Kier molecular flexibility index (Phi) is 2.61. The lowest BCUT2D eigenvalue weighted by molar-refractivity contribution is 0.534. The van der Waals surface area contributed by atoms with Crippen LogP contribution >= 0.6 is 0 Å². The molecule has 0 aromatic carbocycles. The Morgan fingerprint density at radius 3 is 2.94 bits per heavy atom. The van der Waals surface area contributed by atoms with Crippen molar-refractivity contribution in [2.45, 2.75) is 39.8 Å². The second kappa shape index (κ2) is 4.15. The van der Waals surface area contributed by atoms with E-state index in [0.717, 1.165) is 36.7 Å². The zero-order chi connectivity index (χ0) is 12.7. The van der Waals surface area contributed by atoms with E-state index in [-0.39, 0.29) is 0 Å². The van der Waals surface area contributed by atoms with Crippen LogP contribution in [0.15, 0.2) is 12.3 Å². The van der Waals surface area contributed by atoms with Crippen LogP contribution in [0.3, 0.4) is 0 Å². The number of aromatic nitrogens is 4. The molecule has 0 amide bonds. The highest BCUT2D eigenvalue weighted by Crippen LogP contribution is 2.28. The SMILES string of the molecule is Cc1cnn(C(C)C)c1-c1cc2n(n1)CCCN2. The van der Waals surface area contributed by atoms with Gasteiger partial charge in [0.1, 0.15) is 11.5 Å². The van der Waals surface area contributed by atoms with Crippen LogP contribution < -0.4 is 5.32 Å². The molecule has 0 aliphatic carbocycles. The maximum atomic E-state index is 4.69. The lowest BCUT2D eigenvalue weighted by Gasteiger charge is -2.14. The second-order valence-corrected chi connectivity index (χ2v) is 5.13. The quantitative estimate of drug-likeness (QED) is 0.884. The van der Waals surface area contributed by atoms with Gasteiger partial charge in [-0.2, -0.15) is 10.2 Å². The number of rotatable bonds is 2. The molecule has 3 heterocycles. The number of fused-ring (bicyclic) bond motifs is 1. The fraction of sp³-hybridized carbons (Fsp3) is 0.538. The molecular formula is C13H19N5. The predicted octanol–water partition coefficient (Wildman–Crippen LogP) is 2.45. The van der Waals surface area contributed by atoms with E-state index in [4.69, 9.17) is 5.10 Å². The number of nitrogens with zero attached hydrogens (tertiary/aromatic N) is 4. The van der Waals surface area contributed by atoms with Crippen molar-refractivity contribution < 1.29 is 0 Å². The van der Waals surface area contributed by atoms with Gasteiger partial charge in [-0.3, -0.25) is 4.68 Å². The first-order valence-corrected chi connectivity index (χ1v) is 6.53. The third-order valence-corrected chi connectivity index (χ3v) is 3.34. The standard InChI is InChI=1S/C13H19N5/c1-9(2)18-13(10(3)8-15-18)11-7-12-14-5-4-6-17(12)16-11/h7-9,14H,4-6H2,1-3H3. The Labute approximate surface area is 107 Å². The number of hydrogen-bond donors (Lipinski definition) is 1. The largest absolute Gasteiger partial charge is 0.370 e. The Bertz CT molecular complexity index is 540. The Hall–Kier alpha value is -1.78. The Morgan fingerprint density at radius 1 is 1.39 bits per heavy atom. The number of hydrogen-bond acceptors (Lipinski definition) is 3. The smallest absolute Gasteiger partial charge is 0.124 e. The van der Waals surface area contributed by atoms with Gasteiger partial charge in [-0.1, -0.05) is 0 Å². The van der Waals surface area contributed by atoms with E-state index in [0.29, 0.717) is 6.04 Å². The zero-order valence-electron chi connectivity index (χ0n) is 11.1. The molecule has 0 radical (unpaired) electrons. The average molecular weight is 245 g/mol. The lowest BCUT2D eigenvalue weighted by Crippen LogP contribution is -2.17. The van der Waals surface area contributed by atoms with Gasteiger partial charge in [0.25, 0.3) is 0 Å². The third kappa shape index (κ3) is 1.70. The van der Waals surface area contributed by atoms with Crippen LogP contribution in [-0.4, -0.2) is 26.1 Å². The molecule has 0 unspecified atom stereocenters. The first-order chi connectivity index (χ1) is 8.66. The van der Waals surface area contributed by atoms with Crippen LogP contribution in [0, 0.1) is 6.92 Å². The highest BCUT2D eigenvalue weighted by atomic mass is 15.4. The summed E-state index contributed by atoms with van der Waals surface area (Å²) >= 11 is 0. The highest BCUT2D eigenvalue weighted by molar-refractivity contribution is 5.63. The van der Waals surface area contributed by atoms with Crippen LogP contribution in [0.2, 0.25) is 0 Å². The molecule has 96 valence electrons. The molecule has 1 aliphatic heterocycles. The molecule has 0 saturated carbocycles. The van der Waals surface area contributed by atoms with E-state index in [1.54, 1.807) is 0 Å². The minimum absolute atomic E-state index is 0.348. The van der Waals surface area contributed by atoms with Crippen molar-refractivity contribution in [2.75, 3.05) is 11.9 Å². The van der Waals surface area contributed by atoms with Gasteiger partial charge in [0, 0.05) is 25.2 Å². The third-order valence-electron chi connectivity index (χ3n) is 3.34. The van der Waals surface area contributed by atoms with Gasteiger partial charge in [0.2, 0.25) is 0 Å². The van der Waals surface area contributed by atoms with E-state index in [1.807, 2.05) is 10.9 Å². The van der Waals surface area contributed by atoms with Gasteiger partial charge >= 0.3 is 0 Å². The summed E-state index contributed by atoms with van der Waals surface area (Å²) in [5.41, 5.74) is 3.33. The maximum absolute atomic E-state index is 4.69. The molecule has 0 fully saturated rings. The van der Waals surface area contributed by atoms with Crippen molar-refractivity contribution in [3.05, 3.63) is 17.8 Å². The summed E-state index contributed by atoms with van der Waals surface area (Å²) in [5.74, 6) is 1.12. The number of anilines is 1. The molecule has 0 atom stereocenters. The maximum Gasteiger partial charge on any atom is 0.124 e. The zero-order valence-corrected chi connectivity index (χ0v) is 11.1. The summed E-state index contributed by atoms with van der Waals surface area (Å²) in [7, 11) is 0. The van der Waals surface area contributed by atoms with Gasteiger partial charge in [0.05, 0.1) is 11.9 Å². The topological polar surface area (TPSA) is 47.7 Å². The molecule has 5 nitrogen and oxygen atoms in total. The molecule has 18 heavy (non-hydrogen) atoms. The highest BCUT2D eigenvalue weighted by Gasteiger charge is 2.18. The fourth-order valence-electron chi connectivity index (χ4n) is 2.45. The van der Waals surface area contributed by atoms with E-state index < -0.39 is 0 Å². The van der Waals surface area contributed by atoms with E-state index in [1.165, 1.54) is 5.56 Å². The minimum Gasteiger partial charge on any atom is -0.370 e. The van der Waals surface area contributed by atoms with Crippen molar-refractivity contribution in [2.24, 2.45) is 0 Å². The van der Waals surface area contributed by atoms with E-state index >= 15 is 0 Å². The van der Waals surface area contributed by atoms with Crippen molar-refractivity contribution in [1.82, 2.24) is 19.6 Å². The number of aryl methyl sites for hydroxylation is 2. The molecule has 5 heteroatoms. The van der Waals surface area contributed by atoms with Crippen molar-refractivity contribution >= 4 is 5.82 Å². The molecular weight excluding hydrogens is 226 g/mol. The second-order valence-electron chi connectivity index (χ2n) is 5.13. The minimum atomic E-state index is 0.348. The molecule has 3 rings (SSSR count). The molecule has 2 aromatic heterocycles. The van der Waals surface area contributed by atoms with Crippen LogP contribution in [0.4, 0.5) is 5.82 Å². The van der Waals surface area contributed by atoms with Crippen molar-refractivity contribution in [3.8, 4) is 11.4 Å². The number of nitrogens with one attached hydrogen (secondary N) is 1. The predicted molar refractivity (Wildman–Crippen MR) is 71.7 cm³/mol. The monoisotopic (exact) mass is 245 g/mol. The van der Waals surface area contributed by atoms with Crippen LogP contribution in [0.1, 0.15) is 31.9 Å². The molecule has 0 spiro atoms. The summed E-state index contributed by atoms with van der Waals surface area (Å²) in [6.07, 6.45) is 3.05. The first-order valence-electron chi connectivity index (χ1n) is 6.53. The van der Waals surface area contributed by atoms with Crippen LogP contribution in [0.5, 0.6) is 0 Å². The molecule has 0 saturated heterocycles. The normalized spacial score (nSPS) is 14.7. The average Bonchev–Trinajstić information content (AvgIpc) is 2.91. The molecule has 0 bridgehead atoms. The molecule has 2 aromatic rings. The fourth-order valence-corrected chi connectivity index (χ4v) is 2.45. The summed E-state index contributed by atoms with van der Waals surface area (Å²) in [6.45, 7) is 8.41. The summed E-state index contributed by atoms with van der Waals surface area (Å²) in [6, 6.07) is 2.47. The van der Waals surface area contributed by atoms with E-state index in [9.17, 15) is 0 Å². The van der Waals surface area contributed by atoms with Crippen molar-refractivity contribution in [3.63, 3.8) is 0 Å². The molecule has 1 N–H and O–H groups in total. The van der Waals surface area contributed by atoms with Gasteiger partial charge < -0.3 is 5.32 Å². The van der Waals surface area contributed by atoms with E-state index in [2.05, 4.69) is 41.9 Å². The van der Waals surface area contributed by atoms with Gasteiger partial charge in [-0.15, -0.1) is 0 Å². The van der Waals surface area contributed by atoms with Crippen LogP contribution in [-0.2, 0) is 6.54 Å². The lowest BCUT2D eigenvalue weighted by atomic mass is 10.2. The van der Waals surface area contributed by atoms with Crippen molar-refractivity contribution in [1.29, 1.82) is 0 Å². The summed E-state index contributed by atoms with van der Waals surface area (Å²) in [4.78, 5) is 0. The Balaban J connectivity index is 2.09. The van der Waals surface area contributed by atoms with Gasteiger partial charge in [0.15, 0.2) is 0 Å². The first kappa shape index (κ1) is 11.3.